The fourth-order valence-electron chi connectivity index (χ4n) is 1.53. The minimum atomic E-state index is -1.08. The number of carboxylic acids is 1. The van der Waals surface area contributed by atoms with Crippen LogP contribution in [-0.2, 0) is 4.79 Å². The first kappa shape index (κ1) is 15.4. The van der Waals surface area contributed by atoms with E-state index in [1.807, 2.05) is 0 Å². The standard InChI is InChI=1S/C12H16ClN3O3/c1-7-5-8(15-11(13)14-7)10(19)16(6-9(17)18)12(2,3)4/h5H,6H2,1-4H3,(H,17,18). The number of amides is 1. The van der Waals surface area contributed by atoms with E-state index in [0.29, 0.717) is 5.69 Å². The van der Waals surface area contributed by atoms with E-state index in [1.165, 1.54) is 11.0 Å². The van der Waals surface area contributed by atoms with Crippen molar-refractivity contribution < 1.29 is 14.7 Å². The van der Waals surface area contributed by atoms with Gasteiger partial charge in [-0.2, -0.15) is 0 Å². The van der Waals surface area contributed by atoms with Crippen molar-refractivity contribution in [1.29, 1.82) is 0 Å². The van der Waals surface area contributed by atoms with Crippen molar-refractivity contribution in [2.24, 2.45) is 0 Å². The zero-order valence-electron chi connectivity index (χ0n) is 11.3. The van der Waals surface area contributed by atoms with Gasteiger partial charge in [-0.3, -0.25) is 9.59 Å². The highest BCUT2D eigenvalue weighted by molar-refractivity contribution is 6.28. The van der Waals surface area contributed by atoms with Crippen LogP contribution in [0.3, 0.4) is 0 Å². The number of halogens is 1. The van der Waals surface area contributed by atoms with Gasteiger partial charge in [0.25, 0.3) is 5.91 Å². The van der Waals surface area contributed by atoms with E-state index in [0.717, 1.165) is 0 Å². The number of carboxylic acid groups (broad SMARTS) is 1. The average molecular weight is 286 g/mol. The van der Waals surface area contributed by atoms with Gasteiger partial charge in [0.05, 0.1) is 0 Å². The summed E-state index contributed by atoms with van der Waals surface area (Å²) in [7, 11) is 0. The van der Waals surface area contributed by atoms with E-state index in [9.17, 15) is 9.59 Å². The van der Waals surface area contributed by atoms with Crippen LogP contribution in [-0.4, -0.2) is 43.9 Å². The highest BCUT2D eigenvalue weighted by atomic mass is 35.5. The lowest BCUT2D eigenvalue weighted by atomic mass is 10.1. The molecule has 1 rings (SSSR count). The summed E-state index contributed by atoms with van der Waals surface area (Å²) >= 11 is 5.71. The molecule has 6 nitrogen and oxygen atoms in total. The van der Waals surface area contributed by atoms with Crippen LogP contribution in [0.2, 0.25) is 5.28 Å². The van der Waals surface area contributed by atoms with Crippen LogP contribution >= 0.6 is 11.6 Å². The minimum absolute atomic E-state index is 0.0347. The topological polar surface area (TPSA) is 83.4 Å². The van der Waals surface area contributed by atoms with Gasteiger partial charge in [0.1, 0.15) is 12.2 Å². The Bertz CT molecular complexity index is 491. The summed E-state index contributed by atoms with van der Waals surface area (Å²) in [6.45, 7) is 6.54. The summed E-state index contributed by atoms with van der Waals surface area (Å²) in [4.78, 5) is 32.2. The maximum absolute atomic E-state index is 12.3. The molecule has 0 spiro atoms. The van der Waals surface area contributed by atoms with Crippen molar-refractivity contribution in [3.05, 3.63) is 22.7 Å². The van der Waals surface area contributed by atoms with Crippen molar-refractivity contribution >= 4 is 23.5 Å². The van der Waals surface area contributed by atoms with Crippen LogP contribution in [0.15, 0.2) is 6.07 Å². The third kappa shape index (κ3) is 4.17. The van der Waals surface area contributed by atoms with Gasteiger partial charge in [0.2, 0.25) is 5.28 Å². The number of aliphatic carboxylic acids is 1. The molecule has 0 unspecified atom stereocenters. The Morgan fingerprint density at radius 2 is 1.95 bits per heavy atom. The molecule has 0 atom stereocenters. The molecule has 104 valence electrons. The molecular formula is C12H16ClN3O3. The molecule has 0 aliphatic heterocycles. The van der Waals surface area contributed by atoms with Gasteiger partial charge in [-0.1, -0.05) is 0 Å². The molecule has 7 heteroatoms. The maximum atomic E-state index is 12.3. The predicted octanol–water partition coefficient (Wildman–Crippen LogP) is 1.76. The maximum Gasteiger partial charge on any atom is 0.323 e. The summed E-state index contributed by atoms with van der Waals surface area (Å²) in [5.74, 6) is -1.57. The normalized spacial score (nSPS) is 11.2. The Hall–Kier alpha value is -1.69. The number of carbonyl (C=O) groups excluding carboxylic acids is 1. The van der Waals surface area contributed by atoms with Crippen LogP contribution < -0.4 is 0 Å². The lowest BCUT2D eigenvalue weighted by Gasteiger charge is -2.34. The molecule has 1 aromatic rings. The number of hydrogen-bond acceptors (Lipinski definition) is 4. The van der Waals surface area contributed by atoms with Crippen LogP contribution in [0, 0.1) is 6.92 Å². The van der Waals surface area contributed by atoms with Gasteiger partial charge < -0.3 is 10.0 Å². The first-order valence-corrected chi connectivity index (χ1v) is 6.04. The first-order valence-electron chi connectivity index (χ1n) is 5.66. The second-order valence-corrected chi connectivity index (χ2v) is 5.46. The number of hydrogen-bond donors (Lipinski definition) is 1. The minimum Gasteiger partial charge on any atom is -0.480 e. The molecule has 0 aromatic carbocycles. The molecule has 19 heavy (non-hydrogen) atoms. The highest BCUT2D eigenvalue weighted by Crippen LogP contribution is 2.17. The lowest BCUT2D eigenvalue weighted by molar-refractivity contribution is -0.138. The van der Waals surface area contributed by atoms with Gasteiger partial charge in [0, 0.05) is 11.2 Å². The van der Waals surface area contributed by atoms with E-state index in [2.05, 4.69) is 9.97 Å². The number of carbonyl (C=O) groups is 2. The second kappa shape index (κ2) is 5.52. The molecule has 0 aliphatic rings. The third-order valence-corrected chi connectivity index (χ3v) is 2.56. The van der Waals surface area contributed by atoms with Crippen molar-refractivity contribution in [2.45, 2.75) is 33.2 Å². The monoisotopic (exact) mass is 285 g/mol. The Labute approximate surface area is 116 Å². The third-order valence-electron chi connectivity index (χ3n) is 2.39. The second-order valence-electron chi connectivity index (χ2n) is 5.12. The van der Waals surface area contributed by atoms with Crippen molar-refractivity contribution in [3.8, 4) is 0 Å². The molecule has 1 heterocycles. The molecule has 0 saturated heterocycles. The Morgan fingerprint density at radius 3 is 2.37 bits per heavy atom. The Kier molecular flexibility index (Phi) is 4.47. The van der Waals surface area contributed by atoms with Crippen molar-refractivity contribution in [3.63, 3.8) is 0 Å². The summed E-state index contributed by atoms with van der Waals surface area (Å²) in [6, 6.07) is 1.48. The fraction of sp³-hybridized carbons (Fsp3) is 0.500. The quantitative estimate of drug-likeness (QED) is 0.856. The number of nitrogens with zero attached hydrogens (tertiary/aromatic N) is 3. The summed E-state index contributed by atoms with van der Waals surface area (Å²) in [5.41, 5.74) is 0.00192. The van der Waals surface area contributed by atoms with E-state index < -0.39 is 24.0 Å². The van der Waals surface area contributed by atoms with Gasteiger partial charge >= 0.3 is 5.97 Å². The van der Waals surface area contributed by atoms with Crippen molar-refractivity contribution in [1.82, 2.24) is 14.9 Å². The van der Waals surface area contributed by atoms with Crippen LogP contribution in [0.5, 0.6) is 0 Å². The average Bonchev–Trinajstić information content (AvgIpc) is 2.21. The largest absolute Gasteiger partial charge is 0.480 e. The molecule has 0 fully saturated rings. The van der Waals surface area contributed by atoms with E-state index in [4.69, 9.17) is 16.7 Å². The molecule has 1 N–H and O–H groups in total. The number of aryl methyl sites for hydroxylation is 1. The van der Waals surface area contributed by atoms with E-state index in [-0.39, 0.29) is 11.0 Å². The Morgan fingerprint density at radius 1 is 1.37 bits per heavy atom. The molecule has 0 bridgehead atoms. The number of rotatable bonds is 3. The Balaban J connectivity index is 3.15. The fourth-order valence-corrected chi connectivity index (χ4v) is 1.75. The predicted molar refractivity (Wildman–Crippen MR) is 70.2 cm³/mol. The zero-order valence-corrected chi connectivity index (χ0v) is 12.0. The van der Waals surface area contributed by atoms with Gasteiger partial charge in [-0.25, -0.2) is 9.97 Å². The lowest BCUT2D eigenvalue weighted by Crippen LogP contribution is -2.48. The molecule has 0 aliphatic carbocycles. The zero-order chi connectivity index (χ0) is 14.8. The van der Waals surface area contributed by atoms with Crippen LogP contribution in [0.4, 0.5) is 0 Å². The van der Waals surface area contributed by atoms with Gasteiger partial charge in [-0.05, 0) is 45.4 Å². The van der Waals surface area contributed by atoms with Crippen LogP contribution in [0.25, 0.3) is 0 Å². The molecule has 1 aromatic heterocycles. The smallest absolute Gasteiger partial charge is 0.323 e. The van der Waals surface area contributed by atoms with Crippen molar-refractivity contribution in [2.75, 3.05) is 6.54 Å². The number of aromatic nitrogens is 2. The van der Waals surface area contributed by atoms with E-state index >= 15 is 0 Å². The van der Waals surface area contributed by atoms with Crippen LogP contribution in [0.1, 0.15) is 37.0 Å². The van der Waals surface area contributed by atoms with E-state index in [1.54, 1.807) is 27.7 Å². The first-order chi connectivity index (χ1) is 8.61. The molecule has 0 saturated carbocycles. The summed E-state index contributed by atoms with van der Waals surface area (Å²) in [5, 5.41) is 8.86. The molecule has 0 radical (unpaired) electrons. The molecule has 1 amide bonds. The summed E-state index contributed by atoms with van der Waals surface area (Å²) in [6.07, 6.45) is 0. The van der Waals surface area contributed by atoms with Gasteiger partial charge in [-0.15, -0.1) is 0 Å². The highest BCUT2D eigenvalue weighted by Gasteiger charge is 2.30. The summed E-state index contributed by atoms with van der Waals surface area (Å²) < 4.78 is 0. The molecular weight excluding hydrogens is 270 g/mol. The van der Waals surface area contributed by atoms with Gasteiger partial charge in [0.15, 0.2) is 0 Å². The SMILES string of the molecule is Cc1cc(C(=O)N(CC(=O)O)C(C)(C)C)nc(Cl)n1.